The van der Waals surface area contributed by atoms with Crippen molar-refractivity contribution in [2.24, 2.45) is 26.9 Å². The van der Waals surface area contributed by atoms with Crippen molar-refractivity contribution in [2.75, 3.05) is 13.2 Å². The molecule has 0 spiro atoms. The van der Waals surface area contributed by atoms with E-state index in [9.17, 15) is 8.78 Å². The molecule has 1 aromatic rings. The fraction of sp³-hybridized carbons (Fsp3) is 0.400. The molecular weight excluding hydrogens is 386 g/mol. The monoisotopic (exact) mass is 398 g/mol. The van der Waals surface area contributed by atoms with Gasteiger partial charge in [-0.25, -0.2) is 13.8 Å². The first-order valence-corrected chi connectivity index (χ1v) is 8.77. The molecule has 120 valence electrons. The van der Waals surface area contributed by atoms with Crippen LogP contribution in [0.25, 0.3) is 0 Å². The van der Waals surface area contributed by atoms with Gasteiger partial charge in [-0.2, -0.15) is 10.2 Å². The SMILES string of the molecule is NC1=N[C@](CF)(c2cc(Br)ccc2F)[C@@H]2C[C@]2(C2=CCN=N2)S1. The van der Waals surface area contributed by atoms with Crippen molar-refractivity contribution in [3.63, 3.8) is 0 Å². The van der Waals surface area contributed by atoms with Gasteiger partial charge in [0.1, 0.15) is 18.0 Å². The molecule has 0 saturated heterocycles. The molecule has 2 N–H and O–H groups in total. The van der Waals surface area contributed by atoms with Gasteiger partial charge in [0.05, 0.1) is 17.0 Å². The Labute approximate surface area is 144 Å². The number of halogens is 3. The van der Waals surface area contributed by atoms with Crippen LogP contribution >= 0.6 is 27.7 Å². The van der Waals surface area contributed by atoms with Crippen LogP contribution in [0.15, 0.2) is 49.7 Å². The minimum atomic E-state index is -1.30. The third kappa shape index (κ3) is 2.11. The lowest BCUT2D eigenvalue weighted by Crippen LogP contribution is -2.40. The highest BCUT2D eigenvalue weighted by Gasteiger charge is 2.70. The summed E-state index contributed by atoms with van der Waals surface area (Å²) >= 11 is 4.71. The number of azo groups is 1. The summed E-state index contributed by atoms with van der Waals surface area (Å²) in [5.41, 5.74) is 5.73. The van der Waals surface area contributed by atoms with Crippen molar-refractivity contribution in [3.8, 4) is 0 Å². The van der Waals surface area contributed by atoms with Crippen molar-refractivity contribution in [1.29, 1.82) is 0 Å². The predicted octanol–water partition coefficient (Wildman–Crippen LogP) is 3.92. The summed E-state index contributed by atoms with van der Waals surface area (Å²) in [6.45, 7) is -0.284. The Balaban J connectivity index is 1.87. The number of fused-ring (bicyclic) bond motifs is 1. The van der Waals surface area contributed by atoms with E-state index in [-0.39, 0.29) is 16.6 Å². The van der Waals surface area contributed by atoms with Crippen LogP contribution in [0, 0.1) is 11.7 Å². The number of thioether (sulfide) groups is 1. The Morgan fingerprint density at radius 1 is 1.43 bits per heavy atom. The highest BCUT2D eigenvalue weighted by Crippen LogP contribution is 2.69. The Bertz CT molecular complexity index is 781. The molecule has 4 nitrogen and oxygen atoms in total. The number of aliphatic imine (C=N–C) groups is 1. The normalized spacial score (nSPS) is 34.8. The molecule has 0 bridgehead atoms. The van der Waals surface area contributed by atoms with Gasteiger partial charge in [-0.1, -0.05) is 27.7 Å². The molecule has 1 saturated carbocycles. The zero-order chi connectivity index (χ0) is 16.2. The van der Waals surface area contributed by atoms with Crippen LogP contribution in [0.3, 0.4) is 0 Å². The van der Waals surface area contributed by atoms with Gasteiger partial charge >= 0.3 is 0 Å². The summed E-state index contributed by atoms with van der Waals surface area (Å²) in [6, 6.07) is 4.50. The molecule has 0 unspecified atom stereocenters. The molecule has 8 heteroatoms. The Hall–Kier alpha value is -1.28. The minimum absolute atomic E-state index is 0.190. The summed E-state index contributed by atoms with van der Waals surface area (Å²) in [5.74, 6) is -0.665. The third-order valence-corrected chi connectivity index (χ3v) is 6.48. The van der Waals surface area contributed by atoms with Gasteiger partial charge in [-0.05, 0) is 30.7 Å². The molecule has 2 heterocycles. The van der Waals surface area contributed by atoms with Crippen LogP contribution in [0.4, 0.5) is 8.78 Å². The minimum Gasteiger partial charge on any atom is -0.378 e. The smallest absolute Gasteiger partial charge is 0.155 e. The molecular formula is C15H13BrF2N4S. The van der Waals surface area contributed by atoms with Crippen molar-refractivity contribution in [1.82, 2.24) is 0 Å². The summed E-state index contributed by atoms with van der Waals surface area (Å²) in [5, 5.41) is 8.41. The fourth-order valence-electron chi connectivity index (χ4n) is 3.55. The standard InChI is InChI=1S/C15H13BrF2N4S/c16-8-1-2-10(18)9(5-8)14(7-17)11-6-15(11,23-13(19)21-14)12-3-4-20-22-12/h1-3,5,11H,4,6-7H2,(H2,19,21)/t11-,14+,15-/m0/s1. The van der Waals surface area contributed by atoms with Crippen molar-refractivity contribution in [3.05, 3.63) is 45.8 Å². The maximum atomic E-state index is 14.4. The van der Waals surface area contributed by atoms with Gasteiger partial charge < -0.3 is 5.73 Å². The first-order valence-electron chi connectivity index (χ1n) is 7.16. The summed E-state index contributed by atoms with van der Waals surface area (Å²) in [6.07, 6.45) is 2.58. The highest BCUT2D eigenvalue weighted by atomic mass is 79.9. The first-order chi connectivity index (χ1) is 11.0. The summed E-state index contributed by atoms with van der Waals surface area (Å²) < 4.78 is 28.9. The number of nitrogens with two attached hydrogens (primary N) is 1. The number of hydrogen-bond acceptors (Lipinski definition) is 5. The van der Waals surface area contributed by atoms with E-state index in [2.05, 4.69) is 31.2 Å². The Morgan fingerprint density at radius 3 is 2.96 bits per heavy atom. The molecule has 2 aliphatic heterocycles. The maximum absolute atomic E-state index is 14.4. The fourth-order valence-corrected chi connectivity index (χ4v) is 5.30. The topological polar surface area (TPSA) is 63.1 Å². The van der Waals surface area contributed by atoms with Crippen molar-refractivity contribution >= 4 is 32.9 Å². The van der Waals surface area contributed by atoms with Crippen LogP contribution in [-0.4, -0.2) is 23.1 Å². The second-order valence-corrected chi connectivity index (χ2v) is 8.16. The molecule has 1 aliphatic carbocycles. The van der Waals surface area contributed by atoms with Crippen LogP contribution in [-0.2, 0) is 5.54 Å². The van der Waals surface area contributed by atoms with E-state index in [0.29, 0.717) is 17.4 Å². The molecule has 0 radical (unpaired) electrons. The number of hydrogen-bond donors (Lipinski definition) is 1. The number of nitrogens with zero attached hydrogens (tertiary/aromatic N) is 3. The first kappa shape index (κ1) is 15.3. The zero-order valence-electron chi connectivity index (χ0n) is 12.0. The lowest BCUT2D eigenvalue weighted by Gasteiger charge is -2.35. The molecule has 1 fully saturated rings. The molecule has 0 aromatic heterocycles. The molecule has 3 atom stereocenters. The average molecular weight is 399 g/mol. The second-order valence-electron chi connectivity index (χ2n) is 5.89. The van der Waals surface area contributed by atoms with E-state index in [0.717, 1.165) is 5.70 Å². The van der Waals surface area contributed by atoms with Gasteiger partial charge in [0.2, 0.25) is 0 Å². The molecule has 23 heavy (non-hydrogen) atoms. The number of benzene rings is 1. The van der Waals surface area contributed by atoms with E-state index in [1.54, 1.807) is 12.1 Å². The van der Waals surface area contributed by atoms with Crippen molar-refractivity contribution < 1.29 is 8.78 Å². The third-order valence-electron chi connectivity index (χ3n) is 4.66. The van der Waals surface area contributed by atoms with Gasteiger partial charge in [-0.15, -0.1) is 0 Å². The molecule has 1 aromatic carbocycles. The predicted molar refractivity (Wildman–Crippen MR) is 89.6 cm³/mol. The van der Waals surface area contributed by atoms with Crippen LogP contribution < -0.4 is 5.73 Å². The number of amidine groups is 1. The summed E-state index contributed by atoms with van der Waals surface area (Å²) in [7, 11) is 0. The second kappa shape index (κ2) is 5.11. The Morgan fingerprint density at radius 2 is 2.26 bits per heavy atom. The lowest BCUT2D eigenvalue weighted by molar-refractivity contribution is 0.266. The number of alkyl halides is 1. The number of rotatable bonds is 3. The van der Waals surface area contributed by atoms with Gasteiger partial charge in [0.25, 0.3) is 0 Å². The van der Waals surface area contributed by atoms with E-state index in [4.69, 9.17) is 5.73 Å². The molecule has 4 rings (SSSR count). The van der Waals surface area contributed by atoms with Crippen LogP contribution in [0.2, 0.25) is 0 Å². The molecule has 0 amide bonds. The van der Waals surface area contributed by atoms with Gasteiger partial charge in [0.15, 0.2) is 5.17 Å². The van der Waals surface area contributed by atoms with Crippen molar-refractivity contribution in [2.45, 2.75) is 16.7 Å². The van der Waals surface area contributed by atoms with Crippen LogP contribution in [0.1, 0.15) is 12.0 Å². The van der Waals surface area contributed by atoms with E-state index in [1.807, 2.05) is 6.08 Å². The Kier molecular flexibility index (Phi) is 3.39. The zero-order valence-corrected chi connectivity index (χ0v) is 14.4. The van der Waals surface area contributed by atoms with Gasteiger partial charge in [0, 0.05) is 16.0 Å². The molecule has 3 aliphatic rings. The van der Waals surface area contributed by atoms with Gasteiger partial charge in [-0.3, -0.25) is 0 Å². The van der Waals surface area contributed by atoms with Crippen LogP contribution in [0.5, 0.6) is 0 Å². The highest BCUT2D eigenvalue weighted by molar-refractivity contribution is 9.10. The average Bonchev–Trinajstić information content (AvgIpc) is 3.02. The van der Waals surface area contributed by atoms with E-state index >= 15 is 0 Å². The van der Waals surface area contributed by atoms with E-state index in [1.165, 1.54) is 17.8 Å². The van der Waals surface area contributed by atoms with E-state index < -0.39 is 22.8 Å². The maximum Gasteiger partial charge on any atom is 0.155 e. The largest absolute Gasteiger partial charge is 0.378 e. The quantitative estimate of drug-likeness (QED) is 0.838. The summed E-state index contributed by atoms with van der Waals surface area (Å²) in [4.78, 5) is 4.37. The lowest BCUT2D eigenvalue weighted by atomic mass is 9.84.